The molecule has 290 valence electrons. The molecule has 0 fully saturated rings. The molecule has 0 amide bonds. The van der Waals surface area contributed by atoms with E-state index < -0.39 is 21.3 Å². The van der Waals surface area contributed by atoms with Gasteiger partial charge in [-0.05, 0) is 0 Å². The van der Waals surface area contributed by atoms with Crippen LogP contribution in [0, 0.1) is 28.4 Å². The van der Waals surface area contributed by atoms with Gasteiger partial charge in [0.25, 0.3) is 0 Å². The van der Waals surface area contributed by atoms with Crippen LogP contribution < -0.4 is 24.8 Å². The average molecular weight is 867 g/mol. The summed E-state index contributed by atoms with van der Waals surface area (Å²) >= 11 is -3.31. The summed E-state index contributed by atoms with van der Waals surface area (Å²) in [7, 11) is 0. The monoisotopic (exact) mass is 864 g/mol. The van der Waals surface area contributed by atoms with Crippen LogP contribution in [0.4, 0.5) is 8.78 Å². The van der Waals surface area contributed by atoms with E-state index in [1.54, 1.807) is 12.1 Å². The zero-order valence-corrected chi connectivity index (χ0v) is 38.9. The molecule has 4 aromatic rings. The molecule has 0 heterocycles. The van der Waals surface area contributed by atoms with Gasteiger partial charge in [0.2, 0.25) is 0 Å². The second-order valence-electron chi connectivity index (χ2n) is 19.6. The molecule has 0 N–H and O–H groups in total. The van der Waals surface area contributed by atoms with Crippen molar-refractivity contribution in [3.63, 3.8) is 0 Å². The van der Waals surface area contributed by atoms with Gasteiger partial charge >= 0.3 is 332 Å². The Kier molecular flexibility index (Phi) is 11.0. The van der Waals surface area contributed by atoms with Crippen LogP contribution in [0.15, 0.2) is 106 Å². The predicted octanol–water partition coefficient (Wildman–Crippen LogP) is 7.85. The van der Waals surface area contributed by atoms with Gasteiger partial charge < -0.3 is 24.8 Å². The first-order valence-electron chi connectivity index (χ1n) is 19.7. The molecule has 5 heteroatoms. The molecular formula is C51H54Cl2F2Zr. The fourth-order valence-electron chi connectivity index (χ4n) is 9.89. The summed E-state index contributed by atoms with van der Waals surface area (Å²) < 4.78 is 33.5. The Morgan fingerprint density at radius 2 is 1.05 bits per heavy atom. The van der Waals surface area contributed by atoms with Crippen LogP contribution in [-0.4, -0.2) is 3.21 Å². The van der Waals surface area contributed by atoms with E-state index in [0.717, 1.165) is 14.3 Å². The van der Waals surface area contributed by atoms with Crippen molar-refractivity contribution >= 4 is 14.4 Å². The Bertz CT molecular complexity index is 2310. The van der Waals surface area contributed by atoms with E-state index in [9.17, 15) is 0 Å². The van der Waals surface area contributed by atoms with Crippen molar-refractivity contribution < 1.29 is 54.9 Å². The Morgan fingerprint density at radius 1 is 0.625 bits per heavy atom. The minimum atomic E-state index is -3.31. The zero-order valence-electron chi connectivity index (χ0n) is 34.9. The van der Waals surface area contributed by atoms with Crippen LogP contribution in [0.2, 0.25) is 0 Å². The second kappa shape index (κ2) is 14.4. The van der Waals surface area contributed by atoms with Crippen molar-refractivity contribution in [2.24, 2.45) is 16.7 Å². The summed E-state index contributed by atoms with van der Waals surface area (Å²) in [5.41, 5.74) is 16.5. The van der Waals surface area contributed by atoms with Crippen LogP contribution in [-0.2, 0) is 32.1 Å². The van der Waals surface area contributed by atoms with Crippen LogP contribution in [0.1, 0.15) is 131 Å². The van der Waals surface area contributed by atoms with Gasteiger partial charge in [-0.1, -0.05) is 0 Å². The molecule has 1 unspecified atom stereocenters. The van der Waals surface area contributed by atoms with E-state index in [-0.39, 0.29) is 67.7 Å². The Labute approximate surface area is 354 Å². The molecule has 0 saturated carbocycles. The van der Waals surface area contributed by atoms with Gasteiger partial charge in [-0.3, -0.25) is 0 Å². The van der Waals surface area contributed by atoms with E-state index in [1.165, 1.54) is 76.6 Å². The van der Waals surface area contributed by atoms with E-state index in [4.69, 9.17) is 0 Å². The topological polar surface area (TPSA) is 0 Å². The summed E-state index contributed by atoms with van der Waals surface area (Å²) in [6.45, 7) is 27.9. The van der Waals surface area contributed by atoms with Gasteiger partial charge in [0.05, 0.1) is 0 Å². The quantitative estimate of drug-likeness (QED) is 0.196. The minimum absolute atomic E-state index is 0. The largest absolute Gasteiger partial charge is 1.00 e. The van der Waals surface area contributed by atoms with Crippen LogP contribution in [0.3, 0.4) is 0 Å². The maximum absolute atomic E-state index is 15.4. The average Bonchev–Trinajstić information content (AvgIpc) is 3.74. The number of fused-ring (bicyclic) bond motifs is 5. The second-order valence-corrected chi connectivity index (χ2v) is 25.7. The van der Waals surface area contributed by atoms with Crippen molar-refractivity contribution in [2.45, 2.75) is 97.5 Å². The summed E-state index contributed by atoms with van der Waals surface area (Å²) in [5.74, 6) is -0.288. The third kappa shape index (κ3) is 7.01. The standard InChI is InChI=1S/C31H37.C13H8F2.C7H9.2ClH.Zr/c1-28(2,3)26-16-30(7,8)24-12-18-11-19-13-25-23(15-21(19)20(18)14-22(24)26)27(29(4,5)6)17-31(25,9)10;14-12-5-1-3-10(8-12)7-11-4-2-6-13(15)9-11;1-6-3-4-7(2)5-6;;;/h11-17H,1-10H3;1-6,8-9H;3,5,7H,1-2H3;2*1H;/q;;;;;+2/p-2. The van der Waals surface area contributed by atoms with Crippen molar-refractivity contribution in [1.29, 1.82) is 0 Å². The fraction of sp³-hybridized carbons (Fsp3) is 0.353. The smallest absolute Gasteiger partial charge is 1.00 e. The first kappa shape index (κ1) is 42.6. The third-order valence-electron chi connectivity index (χ3n) is 12.4. The molecule has 4 aliphatic rings. The number of hydrogen-bond donors (Lipinski definition) is 0. The van der Waals surface area contributed by atoms with Gasteiger partial charge in [-0.2, -0.15) is 0 Å². The van der Waals surface area contributed by atoms with Gasteiger partial charge in [0, 0.05) is 0 Å². The Morgan fingerprint density at radius 3 is 1.41 bits per heavy atom. The summed E-state index contributed by atoms with van der Waals surface area (Å²) in [5, 5.41) is 0. The molecule has 0 saturated heterocycles. The summed E-state index contributed by atoms with van der Waals surface area (Å²) in [4.78, 5) is 0. The third-order valence-corrected chi connectivity index (χ3v) is 21.1. The van der Waals surface area contributed by atoms with Gasteiger partial charge in [0.15, 0.2) is 0 Å². The maximum atomic E-state index is 15.4. The molecular weight excluding hydrogens is 813 g/mol. The van der Waals surface area contributed by atoms with Crippen LogP contribution in [0.5, 0.6) is 0 Å². The van der Waals surface area contributed by atoms with Gasteiger partial charge in [-0.25, -0.2) is 0 Å². The van der Waals surface area contributed by atoms with Crippen LogP contribution in [0.25, 0.3) is 22.3 Å². The van der Waals surface area contributed by atoms with Crippen molar-refractivity contribution in [1.82, 2.24) is 0 Å². The Hall–Kier alpha value is -2.97. The maximum Gasteiger partial charge on any atom is -1.00 e. The number of rotatable bonds is 4. The van der Waals surface area contributed by atoms with Gasteiger partial charge in [0.1, 0.15) is 0 Å². The number of hydrogen-bond acceptors (Lipinski definition) is 0. The number of allylic oxidation sites excluding steroid dienone is 8. The molecule has 8 rings (SSSR count). The Balaban J connectivity index is 0.00000266. The summed E-state index contributed by atoms with van der Waals surface area (Å²) in [6, 6.07) is 24.4. The first-order valence-corrected chi connectivity index (χ1v) is 23.5. The van der Waals surface area contributed by atoms with Gasteiger partial charge in [-0.15, -0.1) is 0 Å². The molecule has 0 aliphatic heterocycles. The molecule has 0 spiro atoms. The fourth-order valence-corrected chi connectivity index (χ4v) is 19.5. The minimum Gasteiger partial charge on any atom is -1.00 e. The molecule has 56 heavy (non-hydrogen) atoms. The van der Waals surface area contributed by atoms with E-state index in [2.05, 4.69) is 144 Å². The molecule has 0 radical (unpaired) electrons. The molecule has 0 bridgehead atoms. The van der Waals surface area contributed by atoms with E-state index >= 15 is 8.78 Å². The molecule has 0 nitrogen and oxygen atoms in total. The van der Waals surface area contributed by atoms with Crippen molar-refractivity contribution in [2.75, 3.05) is 0 Å². The number of benzene rings is 4. The molecule has 0 aromatic heterocycles. The predicted molar refractivity (Wildman–Crippen MR) is 222 cm³/mol. The molecule has 4 aliphatic carbocycles. The van der Waals surface area contributed by atoms with Crippen molar-refractivity contribution in [3.8, 4) is 11.1 Å². The van der Waals surface area contributed by atoms with E-state index in [1.807, 2.05) is 12.1 Å². The van der Waals surface area contributed by atoms with E-state index in [0.29, 0.717) is 0 Å². The number of halogens is 4. The summed E-state index contributed by atoms with van der Waals surface area (Å²) in [6.07, 6.45) is 9.82. The van der Waals surface area contributed by atoms with Crippen molar-refractivity contribution in [3.05, 3.63) is 162 Å². The zero-order chi connectivity index (χ0) is 38.9. The normalized spacial score (nSPS) is 18.6. The molecule has 4 aromatic carbocycles. The SMILES string of the molecule is CC1=CC(C)[C]([Zr+2](=[C](c2cccc(F)c2)c2cccc(F)c2)[CH]2c3cc4c(cc3-c3cc5c(cc32)C(C)(C)C=C5C(C)(C)C)C(C(C)(C)C)=CC4(C)C)=C1.[Cl-].[Cl-]. The van der Waals surface area contributed by atoms with Crippen LogP contribution >= 0.6 is 0 Å². The first-order chi connectivity index (χ1) is 25.2. The molecule has 1 atom stereocenters.